The van der Waals surface area contributed by atoms with Crippen molar-refractivity contribution in [1.82, 2.24) is 9.55 Å². The maximum absolute atomic E-state index is 9.50. The summed E-state index contributed by atoms with van der Waals surface area (Å²) in [7, 11) is 1.92. The van der Waals surface area contributed by atoms with Crippen molar-refractivity contribution in [2.45, 2.75) is 6.04 Å². The summed E-state index contributed by atoms with van der Waals surface area (Å²) in [6, 6.07) is 8.42. The Morgan fingerprint density at radius 2 is 2.24 bits per heavy atom. The minimum absolute atomic E-state index is 0.0498. The second kappa shape index (κ2) is 5.54. The highest BCUT2D eigenvalue weighted by Crippen LogP contribution is 2.30. The van der Waals surface area contributed by atoms with Gasteiger partial charge in [0.25, 0.3) is 0 Å². The smallest absolute Gasteiger partial charge is 0.143 e. The summed E-state index contributed by atoms with van der Waals surface area (Å²) in [6.07, 6.45) is 5.23. The minimum atomic E-state index is -0.249. The summed E-state index contributed by atoms with van der Waals surface area (Å²) < 4.78 is 7.42. The lowest BCUT2D eigenvalue weighted by Crippen LogP contribution is -2.16. The molecule has 6 heteroatoms. The van der Waals surface area contributed by atoms with Gasteiger partial charge in [-0.15, -0.1) is 0 Å². The Hall–Kier alpha value is -2.40. The summed E-state index contributed by atoms with van der Waals surface area (Å²) >= 11 is 5.94. The summed E-state index contributed by atoms with van der Waals surface area (Å²) in [5.41, 5.74) is 0.766. The van der Waals surface area contributed by atoms with E-state index in [-0.39, 0.29) is 16.8 Å². The van der Waals surface area contributed by atoms with Gasteiger partial charge in [-0.25, -0.2) is 4.98 Å². The zero-order valence-electron chi connectivity index (χ0n) is 11.3. The number of benzene rings is 1. The molecule has 108 valence electrons. The van der Waals surface area contributed by atoms with Gasteiger partial charge in [-0.2, -0.15) is 0 Å². The Kier molecular flexibility index (Phi) is 3.58. The van der Waals surface area contributed by atoms with Crippen molar-refractivity contribution in [1.29, 1.82) is 0 Å². The number of nitrogens with zero attached hydrogens (tertiary/aromatic N) is 2. The molecule has 0 aliphatic rings. The SMILES string of the molecule is Cn1ccnc1C(Nc1ccc(O)c(Cl)c1)c1ccco1. The number of aromatic hydroxyl groups is 1. The van der Waals surface area contributed by atoms with E-state index in [0.29, 0.717) is 0 Å². The topological polar surface area (TPSA) is 63.2 Å². The van der Waals surface area contributed by atoms with E-state index < -0.39 is 0 Å². The molecular weight excluding hydrogens is 290 g/mol. The van der Waals surface area contributed by atoms with Crippen LogP contribution in [-0.2, 0) is 7.05 Å². The Balaban J connectivity index is 1.97. The van der Waals surface area contributed by atoms with Crippen LogP contribution in [0, 0.1) is 0 Å². The van der Waals surface area contributed by atoms with E-state index in [9.17, 15) is 5.11 Å². The number of furan rings is 1. The molecule has 1 aromatic carbocycles. The van der Waals surface area contributed by atoms with Gasteiger partial charge in [-0.3, -0.25) is 0 Å². The number of hydrogen-bond donors (Lipinski definition) is 2. The summed E-state index contributed by atoms with van der Waals surface area (Å²) in [5, 5.41) is 13.1. The van der Waals surface area contributed by atoms with Gasteiger partial charge < -0.3 is 19.4 Å². The zero-order chi connectivity index (χ0) is 14.8. The Bertz CT molecular complexity index is 737. The molecule has 0 saturated carbocycles. The quantitative estimate of drug-likeness (QED) is 0.723. The largest absolute Gasteiger partial charge is 0.506 e. The lowest BCUT2D eigenvalue weighted by Gasteiger charge is -2.18. The predicted molar refractivity (Wildman–Crippen MR) is 80.5 cm³/mol. The van der Waals surface area contributed by atoms with E-state index in [1.807, 2.05) is 29.9 Å². The van der Waals surface area contributed by atoms with E-state index in [1.165, 1.54) is 0 Å². The fourth-order valence-corrected chi connectivity index (χ4v) is 2.32. The van der Waals surface area contributed by atoms with Crippen molar-refractivity contribution >= 4 is 17.3 Å². The Labute approximate surface area is 126 Å². The third-order valence-corrected chi connectivity index (χ3v) is 3.51. The lowest BCUT2D eigenvalue weighted by atomic mass is 10.2. The Morgan fingerprint density at radius 1 is 1.38 bits per heavy atom. The number of hydrogen-bond acceptors (Lipinski definition) is 4. The van der Waals surface area contributed by atoms with E-state index in [4.69, 9.17) is 16.0 Å². The summed E-state index contributed by atoms with van der Waals surface area (Å²) in [6.45, 7) is 0. The first kappa shape index (κ1) is 13.6. The van der Waals surface area contributed by atoms with Crippen LogP contribution in [0.2, 0.25) is 5.02 Å². The first-order chi connectivity index (χ1) is 10.1. The van der Waals surface area contributed by atoms with Crippen molar-refractivity contribution in [3.05, 3.63) is 65.6 Å². The fraction of sp³-hybridized carbons (Fsp3) is 0.133. The molecule has 2 N–H and O–H groups in total. The second-order valence-corrected chi connectivity index (χ2v) is 5.06. The Morgan fingerprint density at radius 3 is 2.86 bits per heavy atom. The van der Waals surface area contributed by atoms with Crippen molar-refractivity contribution in [2.24, 2.45) is 7.05 Å². The molecule has 0 saturated heterocycles. The highest BCUT2D eigenvalue weighted by Gasteiger charge is 2.21. The van der Waals surface area contributed by atoms with Crippen LogP contribution >= 0.6 is 11.6 Å². The molecule has 3 rings (SSSR count). The van der Waals surface area contributed by atoms with Gasteiger partial charge in [0, 0.05) is 25.1 Å². The highest BCUT2D eigenvalue weighted by molar-refractivity contribution is 6.32. The van der Waals surface area contributed by atoms with Crippen LogP contribution in [-0.4, -0.2) is 14.7 Å². The van der Waals surface area contributed by atoms with E-state index in [2.05, 4.69) is 10.3 Å². The van der Waals surface area contributed by atoms with Crippen LogP contribution < -0.4 is 5.32 Å². The minimum Gasteiger partial charge on any atom is -0.506 e. The molecule has 0 aliphatic carbocycles. The van der Waals surface area contributed by atoms with E-state index in [1.54, 1.807) is 30.7 Å². The molecule has 5 nitrogen and oxygen atoms in total. The number of imidazole rings is 1. The van der Waals surface area contributed by atoms with Crippen LogP contribution in [0.4, 0.5) is 5.69 Å². The summed E-state index contributed by atoms with van der Waals surface area (Å²) in [5.74, 6) is 1.61. The molecule has 2 heterocycles. The number of aromatic nitrogens is 2. The van der Waals surface area contributed by atoms with Crippen LogP contribution in [0.3, 0.4) is 0 Å². The number of nitrogens with one attached hydrogen (secondary N) is 1. The standard InChI is InChI=1S/C15H14ClN3O2/c1-19-7-6-17-15(19)14(13-3-2-8-21-13)18-10-4-5-12(20)11(16)9-10/h2-9,14,18,20H,1H3. The van der Waals surface area contributed by atoms with Crippen molar-refractivity contribution in [2.75, 3.05) is 5.32 Å². The average Bonchev–Trinajstić information content (AvgIpc) is 3.12. The van der Waals surface area contributed by atoms with Gasteiger partial charge in [0.05, 0.1) is 11.3 Å². The zero-order valence-corrected chi connectivity index (χ0v) is 12.1. The molecular formula is C15H14ClN3O2. The molecule has 0 radical (unpaired) electrons. The van der Waals surface area contributed by atoms with Gasteiger partial charge >= 0.3 is 0 Å². The van der Waals surface area contributed by atoms with Crippen LogP contribution in [0.5, 0.6) is 5.75 Å². The van der Waals surface area contributed by atoms with Crippen molar-refractivity contribution in [3.63, 3.8) is 0 Å². The molecule has 2 aromatic heterocycles. The predicted octanol–water partition coefficient (Wildman–Crippen LogP) is 3.57. The fourth-order valence-electron chi connectivity index (χ4n) is 2.14. The van der Waals surface area contributed by atoms with E-state index >= 15 is 0 Å². The third-order valence-electron chi connectivity index (χ3n) is 3.20. The molecule has 1 unspecified atom stereocenters. The van der Waals surface area contributed by atoms with Gasteiger partial charge in [0.2, 0.25) is 0 Å². The van der Waals surface area contributed by atoms with Crippen LogP contribution in [0.1, 0.15) is 17.6 Å². The third kappa shape index (κ3) is 2.73. The normalized spacial score (nSPS) is 12.3. The monoisotopic (exact) mass is 303 g/mol. The average molecular weight is 304 g/mol. The molecule has 21 heavy (non-hydrogen) atoms. The highest BCUT2D eigenvalue weighted by atomic mass is 35.5. The molecule has 1 atom stereocenters. The molecule has 0 bridgehead atoms. The van der Waals surface area contributed by atoms with Crippen molar-refractivity contribution < 1.29 is 9.52 Å². The second-order valence-electron chi connectivity index (χ2n) is 4.66. The first-order valence-electron chi connectivity index (χ1n) is 6.41. The molecule has 0 aliphatic heterocycles. The van der Waals surface area contributed by atoms with Gasteiger partial charge in [-0.1, -0.05) is 11.6 Å². The number of aryl methyl sites for hydroxylation is 1. The molecule has 3 aromatic rings. The van der Waals surface area contributed by atoms with Gasteiger partial charge in [-0.05, 0) is 30.3 Å². The van der Waals surface area contributed by atoms with Gasteiger partial charge in [0.15, 0.2) is 0 Å². The molecule has 0 fully saturated rings. The summed E-state index contributed by atoms with van der Waals surface area (Å²) in [4.78, 5) is 4.37. The number of phenols is 1. The number of phenolic OH excluding ortho intramolecular Hbond substituents is 1. The first-order valence-corrected chi connectivity index (χ1v) is 6.78. The van der Waals surface area contributed by atoms with Crippen molar-refractivity contribution in [3.8, 4) is 5.75 Å². The number of anilines is 1. The van der Waals surface area contributed by atoms with Crippen LogP contribution in [0.15, 0.2) is 53.4 Å². The molecule has 0 amide bonds. The number of halogens is 1. The molecule has 0 spiro atoms. The number of rotatable bonds is 4. The maximum atomic E-state index is 9.50. The maximum Gasteiger partial charge on any atom is 0.143 e. The lowest BCUT2D eigenvalue weighted by molar-refractivity contribution is 0.475. The van der Waals surface area contributed by atoms with Gasteiger partial charge in [0.1, 0.15) is 23.4 Å². The van der Waals surface area contributed by atoms with E-state index in [0.717, 1.165) is 17.3 Å². The van der Waals surface area contributed by atoms with Crippen LogP contribution in [0.25, 0.3) is 0 Å².